The molecular weight excluding hydrogens is 144 g/mol. The SMILES string of the molecule is CCCC=CCC1CC1CCC. The van der Waals surface area contributed by atoms with Gasteiger partial charge in [0.1, 0.15) is 0 Å². The van der Waals surface area contributed by atoms with Crippen LogP contribution in [0.25, 0.3) is 0 Å². The Bertz CT molecular complexity index is 135. The monoisotopic (exact) mass is 166 g/mol. The molecule has 2 atom stereocenters. The van der Waals surface area contributed by atoms with Crippen LogP contribution >= 0.6 is 0 Å². The summed E-state index contributed by atoms with van der Waals surface area (Å²) in [5.74, 6) is 2.14. The number of hydrogen-bond donors (Lipinski definition) is 0. The van der Waals surface area contributed by atoms with Crippen molar-refractivity contribution < 1.29 is 0 Å². The van der Waals surface area contributed by atoms with Crippen molar-refractivity contribution in [1.29, 1.82) is 0 Å². The average molecular weight is 166 g/mol. The summed E-state index contributed by atoms with van der Waals surface area (Å²) in [6.45, 7) is 4.53. The highest BCUT2D eigenvalue weighted by molar-refractivity contribution is 4.93. The van der Waals surface area contributed by atoms with Gasteiger partial charge < -0.3 is 0 Å². The highest BCUT2D eigenvalue weighted by Crippen LogP contribution is 2.44. The molecule has 1 rings (SSSR count). The third kappa shape index (κ3) is 3.42. The molecule has 0 saturated heterocycles. The third-order valence-electron chi connectivity index (χ3n) is 2.79. The summed E-state index contributed by atoms with van der Waals surface area (Å²) < 4.78 is 0. The number of allylic oxidation sites excluding steroid dienone is 2. The fraction of sp³-hybridized carbons (Fsp3) is 0.833. The summed E-state index contributed by atoms with van der Waals surface area (Å²) in [7, 11) is 0. The zero-order chi connectivity index (χ0) is 8.81. The van der Waals surface area contributed by atoms with Crippen LogP contribution in [0.5, 0.6) is 0 Å². The van der Waals surface area contributed by atoms with E-state index in [0.29, 0.717) is 0 Å². The molecule has 0 aromatic carbocycles. The molecule has 1 aliphatic carbocycles. The van der Waals surface area contributed by atoms with Crippen molar-refractivity contribution in [2.24, 2.45) is 11.8 Å². The van der Waals surface area contributed by atoms with Gasteiger partial charge in [-0.05, 0) is 31.1 Å². The van der Waals surface area contributed by atoms with Gasteiger partial charge in [-0.3, -0.25) is 0 Å². The van der Waals surface area contributed by atoms with Crippen molar-refractivity contribution in [2.75, 3.05) is 0 Å². The summed E-state index contributed by atoms with van der Waals surface area (Å²) in [5, 5.41) is 0. The first-order valence-electron chi connectivity index (χ1n) is 5.53. The second-order valence-electron chi connectivity index (χ2n) is 4.04. The highest BCUT2D eigenvalue weighted by Gasteiger charge is 2.34. The molecule has 0 nitrogen and oxygen atoms in total. The van der Waals surface area contributed by atoms with Crippen LogP contribution in [0.2, 0.25) is 0 Å². The quantitative estimate of drug-likeness (QED) is 0.519. The van der Waals surface area contributed by atoms with E-state index in [2.05, 4.69) is 26.0 Å². The van der Waals surface area contributed by atoms with Gasteiger partial charge in [0, 0.05) is 0 Å². The lowest BCUT2D eigenvalue weighted by atomic mass is 10.1. The Morgan fingerprint density at radius 3 is 2.58 bits per heavy atom. The van der Waals surface area contributed by atoms with Crippen LogP contribution in [-0.4, -0.2) is 0 Å². The summed E-state index contributed by atoms with van der Waals surface area (Å²) in [4.78, 5) is 0. The van der Waals surface area contributed by atoms with Crippen molar-refractivity contribution in [3.63, 3.8) is 0 Å². The Hall–Kier alpha value is -0.260. The maximum atomic E-state index is 2.39. The van der Waals surface area contributed by atoms with E-state index >= 15 is 0 Å². The van der Waals surface area contributed by atoms with Crippen molar-refractivity contribution in [3.05, 3.63) is 12.2 Å². The largest absolute Gasteiger partial charge is 0.0885 e. The summed E-state index contributed by atoms with van der Waals surface area (Å²) in [5.41, 5.74) is 0. The van der Waals surface area contributed by atoms with Crippen LogP contribution < -0.4 is 0 Å². The maximum Gasteiger partial charge on any atom is -0.0319 e. The zero-order valence-corrected chi connectivity index (χ0v) is 8.55. The number of rotatable bonds is 6. The predicted octanol–water partition coefficient (Wildman–Crippen LogP) is 4.17. The molecular formula is C12H22. The molecule has 70 valence electrons. The molecule has 0 heterocycles. The standard InChI is InChI=1S/C12H22/c1-3-5-6-7-9-12-10-11(12)8-4-2/h6-7,11-12H,3-5,8-10H2,1-2H3. The molecule has 2 unspecified atom stereocenters. The minimum Gasteiger partial charge on any atom is -0.0885 e. The average Bonchev–Trinajstić information content (AvgIpc) is 2.79. The van der Waals surface area contributed by atoms with E-state index in [1.54, 1.807) is 0 Å². The van der Waals surface area contributed by atoms with Crippen LogP contribution in [0.3, 0.4) is 0 Å². The maximum absolute atomic E-state index is 2.39. The Labute approximate surface area is 77.1 Å². The molecule has 0 bridgehead atoms. The van der Waals surface area contributed by atoms with Gasteiger partial charge in [-0.25, -0.2) is 0 Å². The lowest BCUT2D eigenvalue weighted by Gasteiger charge is -1.92. The van der Waals surface area contributed by atoms with E-state index in [4.69, 9.17) is 0 Å². The van der Waals surface area contributed by atoms with Crippen LogP contribution in [-0.2, 0) is 0 Å². The van der Waals surface area contributed by atoms with Gasteiger partial charge in [0.25, 0.3) is 0 Å². The van der Waals surface area contributed by atoms with Crippen LogP contribution in [0, 0.1) is 11.8 Å². The highest BCUT2D eigenvalue weighted by atomic mass is 14.4. The Balaban J connectivity index is 1.96. The molecule has 0 amide bonds. The Morgan fingerprint density at radius 1 is 1.08 bits per heavy atom. The zero-order valence-electron chi connectivity index (χ0n) is 8.55. The minimum atomic E-state index is 1.05. The number of hydrogen-bond acceptors (Lipinski definition) is 0. The summed E-state index contributed by atoms with van der Waals surface area (Å²) in [6, 6.07) is 0. The van der Waals surface area contributed by atoms with E-state index < -0.39 is 0 Å². The first-order valence-corrected chi connectivity index (χ1v) is 5.53. The molecule has 12 heavy (non-hydrogen) atoms. The van der Waals surface area contributed by atoms with Gasteiger partial charge in [0.15, 0.2) is 0 Å². The third-order valence-corrected chi connectivity index (χ3v) is 2.79. The molecule has 0 radical (unpaired) electrons. The van der Waals surface area contributed by atoms with Crippen molar-refractivity contribution in [3.8, 4) is 0 Å². The second kappa shape index (κ2) is 5.40. The fourth-order valence-electron chi connectivity index (χ4n) is 1.88. The van der Waals surface area contributed by atoms with Crippen LogP contribution in [0.15, 0.2) is 12.2 Å². The first kappa shape index (κ1) is 9.83. The van der Waals surface area contributed by atoms with Gasteiger partial charge in [0.05, 0.1) is 0 Å². The Kier molecular flexibility index (Phi) is 4.42. The number of unbranched alkanes of at least 4 members (excludes halogenated alkanes) is 1. The molecule has 0 aromatic heterocycles. The van der Waals surface area contributed by atoms with Gasteiger partial charge in [0.2, 0.25) is 0 Å². The summed E-state index contributed by atoms with van der Waals surface area (Å²) >= 11 is 0. The smallest absolute Gasteiger partial charge is 0.0319 e. The normalized spacial score (nSPS) is 28.2. The Morgan fingerprint density at radius 2 is 1.92 bits per heavy atom. The van der Waals surface area contributed by atoms with Crippen molar-refractivity contribution >= 4 is 0 Å². The van der Waals surface area contributed by atoms with E-state index in [9.17, 15) is 0 Å². The van der Waals surface area contributed by atoms with Gasteiger partial charge >= 0.3 is 0 Å². The first-order chi connectivity index (χ1) is 5.88. The fourth-order valence-corrected chi connectivity index (χ4v) is 1.88. The van der Waals surface area contributed by atoms with Crippen LogP contribution in [0.4, 0.5) is 0 Å². The van der Waals surface area contributed by atoms with Crippen LogP contribution in [0.1, 0.15) is 52.4 Å². The van der Waals surface area contributed by atoms with E-state index in [-0.39, 0.29) is 0 Å². The molecule has 0 aromatic rings. The van der Waals surface area contributed by atoms with Crippen molar-refractivity contribution in [1.82, 2.24) is 0 Å². The lowest BCUT2D eigenvalue weighted by Crippen LogP contribution is -1.79. The molecule has 1 saturated carbocycles. The van der Waals surface area contributed by atoms with E-state index in [1.807, 2.05) is 0 Å². The molecule has 0 heteroatoms. The molecule has 1 aliphatic rings. The van der Waals surface area contributed by atoms with Gasteiger partial charge in [-0.1, -0.05) is 45.3 Å². The molecule has 1 fully saturated rings. The molecule has 0 N–H and O–H groups in total. The van der Waals surface area contributed by atoms with E-state index in [0.717, 1.165) is 11.8 Å². The topological polar surface area (TPSA) is 0 Å². The van der Waals surface area contributed by atoms with Crippen molar-refractivity contribution in [2.45, 2.75) is 52.4 Å². The second-order valence-corrected chi connectivity index (χ2v) is 4.04. The van der Waals surface area contributed by atoms with Gasteiger partial charge in [-0.15, -0.1) is 0 Å². The predicted molar refractivity (Wildman–Crippen MR) is 55.2 cm³/mol. The lowest BCUT2D eigenvalue weighted by molar-refractivity contribution is 0.636. The van der Waals surface area contributed by atoms with E-state index in [1.165, 1.54) is 38.5 Å². The van der Waals surface area contributed by atoms with Gasteiger partial charge in [-0.2, -0.15) is 0 Å². The molecule has 0 aliphatic heterocycles. The molecule has 0 spiro atoms. The minimum absolute atomic E-state index is 1.05. The summed E-state index contributed by atoms with van der Waals surface area (Å²) in [6.07, 6.45) is 13.0.